The molecule has 3 fully saturated rings. The summed E-state index contributed by atoms with van der Waals surface area (Å²) in [6, 6.07) is 5.48. The van der Waals surface area contributed by atoms with Gasteiger partial charge in [-0.15, -0.1) is 0 Å². The molecule has 2 heterocycles. The maximum atomic E-state index is 13.9. The summed E-state index contributed by atoms with van der Waals surface area (Å²) < 4.78 is 18.9. The van der Waals surface area contributed by atoms with Crippen molar-refractivity contribution < 1.29 is 18.7 Å². The van der Waals surface area contributed by atoms with Gasteiger partial charge in [-0.2, -0.15) is 0 Å². The van der Waals surface area contributed by atoms with Crippen LogP contribution in [-0.4, -0.2) is 42.1 Å². The Labute approximate surface area is 152 Å². The quantitative estimate of drug-likeness (QED) is 0.882. The second-order valence-corrected chi connectivity index (χ2v) is 8.44. The molecule has 2 amide bonds. The van der Waals surface area contributed by atoms with Gasteiger partial charge in [-0.3, -0.25) is 4.79 Å². The van der Waals surface area contributed by atoms with E-state index in [0.29, 0.717) is 38.1 Å². The molecule has 1 aromatic carbocycles. The SMILES string of the molecule is Cc1ccc(C2(C)CCN(C(=O)C3CC4(COC(=O)N4)C3)CC2)cc1F. The Kier molecular flexibility index (Phi) is 3.97. The van der Waals surface area contributed by atoms with Crippen LogP contribution in [0.25, 0.3) is 0 Å². The first-order chi connectivity index (χ1) is 12.3. The molecule has 2 saturated heterocycles. The average molecular weight is 360 g/mol. The molecule has 2 aliphatic heterocycles. The number of piperidine rings is 1. The minimum atomic E-state index is -0.380. The first kappa shape index (κ1) is 17.3. The Bertz CT molecular complexity index is 749. The number of aryl methyl sites for hydroxylation is 1. The van der Waals surface area contributed by atoms with Crippen molar-refractivity contribution in [1.82, 2.24) is 10.2 Å². The van der Waals surface area contributed by atoms with Gasteiger partial charge in [0.25, 0.3) is 0 Å². The lowest BCUT2D eigenvalue weighted by atomic mass is 9.68. The summed E-state index contributed by atoms with van der Waals surface area (Å²) >= 11 is 0. The van der Waals surface area contributed by atoms with Gasteiger partial charge in [0.1, 0.15) is 12.4 Å². The Morgan fingerprint density at radius 2 is 2.00 bits per heavy atom. The molecule has 4 rings (SSSR count). The molecule has 26 heavy (non-hydrogen) atoms. The number of hydrogen-bond acceptors (Lipinski definition) is 3. The minimum Gasteiger partial charge on any atom is -0.447 e. The third-order valence-corrected chi connectivity index (χ3v) is 6.52. The van der Waals surface area contributed by atoms with Crippen LogP contribution in [0.15, 0.2) is 18.2 Å². The molecule has 0 unspecified atom stereocenters. The van der Waals surface area contributed by atoms with E-state index in [0.717, 1.165) is 18.4 Å². The fourth-order valence-electron chi connectivity index (χ4n) is 4.51. The van der Waals surface area contributed by atoms with E-state index in [1.54, 1.807) is 13.0 Å². The molecule has 1 aromatic rings. The highest BCUT2D eigenvalue weighted by Crippen LogP contribution is 2.43. The van der Waals surface area contributed by atoms with Gasteiger partial charge in [-0.05, 0) is 55.2 Å². The van der Waals surface area contributed by atoms with Crippen molar-refractivity contribution in [2.75, 3.05) is 19.7 Å². The lowest BCUT2D eigenvalue weighted by Gasteiger charge is -2.46. The van der Waals surface area contributed by atoms with Gasteiger partial charge in [0.15, 0.2) is 0 Å². The van der Waals surface area contributed by atoms with Gasteiger partial charge in [0.05, 0.1) is 5.54 Å². The number of carbonyl (C=O) groups excluding carboxylic acids is 2. The monoisotopic (exact) mass is 360 g/mol. The molecule has 3 aliphatic rings. The Hall–Kier alpha value is -2.11. The van der Waals surface area contributed by atoms with Crippen molar-refractivity contribution in [3.63, 3.8) is 0 Å². The van der Waals surface area contributed by atoms with Gasteiger partial charge in [-0.25, -0.2) is 9.18 Å². The summed E-state index contributed by atoms with van der Waals surface area (Å²) in [5.74, 6) is -0.0186. The number of ether oxygens (including phenoxy) is 1. The molecule has 140 valence electrons. The van der Waals surface area contributed by atoms with Crippen molar-refractivity contribution >= 4 is 12.0 Å². The molecule has 0 aromatic heterocycles. The molecule has 1 saturated carbocycles. The van der Waals surface area contributed by atoms with Gasteiger partial charge in [-0.1, -0.05) is 19.1 Å². The Morgan fingerprint density at radius 3 is 2.58 bits per heavy atom. The first-order valence-corrected chi connectivity index (χ1v) is 9.31. The number of carbonyl (C=O) groups is 2. The van der Waals surface area contributed by atoms with Gasteiger partial charge >= 0.3 is 6.09 Å². The topological polar surface area (TPSA) is 58.6 Å². The fourth-order valence-corrected chi connectivity index (χ4v) is 4.51. The van der Waals surface area contributed by atoms with Crippen LogP contribution in [0.3, 0.4) is 0 Å². The van der Waals surface area contributed by atoms with Crippen molar-refractivity contribution in [1.29, 1.82) is 0 Å². The highest BCUT2D eigenvalue weighted by atomic mass is 19.1. The molecular formula is C20H25FN2O3. The third kappa shape index (κ3) is 2.85. The summed E-state index contributed by atoms with van der Waals surface area (Å²) in [6.45, 7) is 5.68. The second kappa shape index (κ2) is 5.96. The predicted molar refractivity (Wildman–Crippen MR) is 94.2 cm³/mol. The van der Waals surface area contributed by atoms with Crippen molar-refractivity contribution in [2.24, 2.45) is 5.92 Å². The number of halogens is 1. The van der Waals surface area contributed by atoms with Gasteiger partial charge in [0, 0.05) is 19.0 Å². The van der Waals surface area contributed by atoms with Crippen molar-refractivity contribution in [3.8, 4) is 0 Å². The van der Waals surface area contributed by atoms with E-state index >= 15 is 0 Å². The van der Waals surface area contributed by atoms with E-state index in [4.69, 9.17) is 4.74 Å². The number of cyclic esters (lactones) is 1. The Morgan fingerprint density at radius 1 is 1.31 bits per heavy atom. The second-order valence-electron chi connectivity index (χ2n) is 8.44. The highest BCUT2D eigenvalue weighted by Gasteiger charge is 2.53. The first-order valence-electron chi connectivity index (χ1n) is 9.31. The van der Waals surface area contributed by atoms with E-state index in [-0.39, 0.29) is 34.7 Å². The van der Waals surface area contributed by atoms with Crippen LogP contribution in [0.2, 0.25) is 0 Å². The average Bonchev–Trinajstić information content (AvgIpc) is 2.98. The molecule has 1 N–H and O–H groups in total. The van der Waals surface area contributed by atoms with E-state index < -0.39 is 0 Å². The number of amides is 2. The summed E-state index contributed by atoms with van der Waals surface area (Å²) in [5, 5.41) is 2.83. The fraction of sp³-hybridized carbons (Fsp3) is 0.600. The number of likely N-dealkylation sites (tertiary alicyclic amines) is 1. The van der Waals surface area contributed by atoms with Gasteiger partial charge < -0.3 is 15.0 Å². The summed E-state index contributed by atoms with van der Waals surface area (Å²) in [5.41, 5.74) is 1.26. The largest absolute Gasteiger partial charge is 0.447 e. The normalized spacial score (nSPS) is 29.9. The summed E-state index contributed by atoms with van der Waals surface area (Å²) in [7, 11) is 0. The number of benzene rings is 1. The van der Waals surface area contributed by atoms with Gasteiger partial charge in [0.2, 0.25) is 5.91 Å². The maximum Gasteiger partial charge on any atom is 0.407 e. The van der Waals surface area contributed by atoms with Crippen molar-refractivity contribution in [3.05, 3.63) is 35.1 Å². The number of nitrogens with one attached hydrogen (secondary N) is 1. The molecule has 1 spiro atoms. The molecular weight excluding hydrogens is 335 g/mol. The van der Waals surface area contributed by atoms with Crippen LogP contribution in [0.4, 0.5) is 9.18 Å². The number of rotatable bonds is 2. The van der Waals surface area contributed by atoms with Crippen LogP contribution in [0, 0.1) is 18.7 Å². The van der Waals surface area contributed by atoms with Crippen molar-refractivity contribution in [2.45, 2.75) is 50.5 Å². The van der Waals surface area contributed by atoms with E-state index in [2.05, 4.69) is 12.2 Å². The molecule has 1 aliphatic carbocycles. The highest BCUT2D eigenvalue weighted by molar-refractivity contribution is 5.81. The zero-order chi connectivity index (χ0) is 18.5. The lowest BCUT2D eigenvalue weighted by molar-refractivity contribution is -0.142. The molecule has 0 bridgehead atoms. The Balaban J connectivity index is 1.35. The zero-order valence-corrected chi connectivity index (χ0v) is 15.3. The van der Waals surface area contributed by atoms with E-state index in [1.165, 1.54) is 0 Å². The summed E-state index contributed by atoms with van der Waals surface area (Å²) in [4.78, 5) is 25.9. The number of hydrogen-bond donors (Lipinski definition) is 1. The summed E-state index contributed by atoms with van der Waals surface area (Å²) in [6.07, 6.45) is 2.61. The molecule has 0 radical (unpaired) electrons. The minimum absolute atomic E-state index is 0.0295. The predicted octanol–water partition coefficient (Wildman–Crippen LogP) is 2.90. The zero-order valence-electron chi connectivity index (χ0n) is 15.3. The molecule has 6 heteroatoms. The number of nitrogens with zero attached hydrogens (tertiary/aromatic N) is 1. The van der Waals surface area contributed by atoms with Crippen LogP contribution in [0.1, 0.15) is 43.7 Å². The standard InChI is InChI=1S/C20H25FN2O3/c1-13-3-4-15(9-16(13)21)19(2)5-7-23(8-6-19)17(24)14-10-20(11-14)12-26-18(25)22-20/h3-4,9,14H,5-8,10-12H2,1-2H3,(H,22,25). The van der Waals surface area contributed by atoms with Crippen LogP contribution < -0.4 is 5.32 Å². The van der Waals surface area contributed by atoms with Crippen LogP contribution in [-0.2, 0) is 14.9 Å². The van der Waals surface area contributed by atoms with E-state index in [9.17, 15) is 14.0 Å². The van der Waals surface area contributed by atoms with Crippen LogP contribution >= 0.6 is 0 Å². The molecule has 5 nitrogen and oxygen atoms in total. The third-order valence-electron chi connectivity index (χ3n) is 6.52. The number of alkyl carbamates (subject to hydrolysis) is 1. The lowest BCUT2D eigenvalue weighted by Crippen LogP contribution is -2.59. The van der Waals surface area contributed by atoms with E-state index in [1.807, 2.05) is 17.0 Å². The maximum absolute atomic E-state index is 13.9. The molecule has 0 atom stereocenters. The van der Waals surface area contributed by atoms with Crippen LogP contribution in [0.5, 0.6) is 0 Å². The smallest absolute Gasteiger partial charge is 0.407 e.